The topological polar surface area (TPSA) is 67.1 Å². The second-order valence-electron chi connectivity index (χ2n) is 6.77. The van der Waals surface area contributed by atoms with E-state index in [4.69, 9.17) is 0 Å². The first-order valence-electron chi connectivity index (χ1n) is 10.1. The van der Waals surface area contributed by atoms with E-state index < -0.39 is 0 Å². The Labute approximate surface area is 193 Å². The number of thioether (sulfide) groups is 1. The molecule has 3 rings (SSSR count). The van der Waals surface area contributed by atoms with Crippen molar-refractivity contribution < 1.29 is 4.39 Å². The van der Waals surface area contributed by atoms with E-state index in [2.05, 4.69) is 37.3 Å². The second kappa shape index (κ2) is 13.0. The van der Waals surface area contributed by atoms with Crippen LogP contribution in [0.1, 0.15) is 44.3 Å². The number of nitrogens with zero attached hydrogens (tertiary/aromatic N) is 4. The van der Waals surface area contributed by atoms with Crippen LogP contribution in [0.25, 0.3) is 0 Å². The summed E-state index contributed by atoms with van der Waals surface area (Å²) in [5, 5.41) is 15.3. The molecule has 0 aliphatic carbocycles. The van der Waals surface area contributed by atoms with Gasteiger partial charge in [-0.05, 0) is 56.2 Å². The van der Waals surface area contributed by atoms with Crippen molar-refractivity contribution in [1.82, 2.24) is 25.4 Å². The summed E-state index contributed by atoms with van der Waals surface area (Å²) in [6, 6.07) is 6.64. The van der Waals surface area contributed by atoms with E-state index in [-0.39, 0.29) is 29.8 Å². The molecule has 0 saturated carbocycles. The highest BCUT2D eigenvalue weighted by atomic mass is 127. The summed E-state index contributed by atoms with van der Waals surface area (Å²) < 4.78 is 15.2. The molecule has 1 aromatic heterocycles. The molecular weight excluding hydrogens is 502 g/mol. The van der Waals surface area contributed by atoms with Gasteiger partial charge >= 0.3 is 0 Å². The Bertz CT molecular complexity index is 765. The molecule has 160 valence electrons. The van der Waals surface area contributed by atoms with Crippen molar-refractivity contribution in [1.29, 1.82) is 0 Å². The van der Waals surface area contributed by atoms with E-state index in [1.807, 2.05) is 12.1 Å². The highest BCUT2D eigenvalue weighted by molar-refractivity contribution is 14.0. The summed E-state index contributed by atoms with van der Waals surface area (Å²) in [5.41, 5.74) is 0. The van der Waals surface area contributed by atoms with Crippen LogP contribution in [-0.4, -0.2) is 39.6 Å². The van der Waals surface area contributed by atoms with Gasteiger partial charge in [0, 0.05) is 31.0 Å². The molecular formula is C20H30FIN6S. The molecule has 0 bridgehead atoms. The van der Waals surface area contributed by atoms with Crippen molar-refractivity contribution in [2.45, 2.75) is 57.0 Å². The van der Waals surface area contributed by atoms with E-state index >= 15 is 0 Å². The third-order valence-electron chi connectivity index (χ3n) is 4.60. The van der Waals surface area contributed by atoms with Gasteiger partial charge in [0.05, 0.1) is 0 Å². The van der Waals surface area contributed by atoms with Crippen molar-refractivity contribution in [3.63, 3.8) is 0 Å². The van der Waals surface area contributed by atoms with Gasteiger partial charge < -0.3 is 15.2 Å². The van der Waals surface area contributed by atoms with Crippen molar-refractivity contribution in [2.75, 3.05) is 18.8 Å². The van der Waals surface area contributed by atoms with Crippen molar-refractivity contribution >= 4 is 41.7 Å². The molecule has 2 aromatic rings. The molecule has 9 heteroatoms. The van der Waals surface area contributed by atoms with Crippen LogP contribution in [0.2, 0.25) is 0 Å². The van der Waals surface area contributed by atoms with Crippen LogP contribution < -0.4 is 10.6 Å². The van der Waals surface area contributed by atoms with Gasteiger partial charge in [0.1, 0.15) is 18.2 Å². The van der Waals surface area contributed by atoms with Crippen LogP contribution in [-0.2, 0) is 19.5 Å². The number of rotatable bonds is 8. The van der Waals surface area contributed by atoms with Crippen LogP contribution in [0.4, 0.5) is 4.39 Å². The van der Waals surface area contributed by atoms with E-state index in [0.717, 1.165) is 60.7 Å². The first-order valence-corrected chi connectivity index (χ1v) is 11.1. The van der Waals surface area contributed by atoms with E-state index in [9.17, 15) is 4.39 Å². The summed E-state index contributed by atoms with van der Waals surface area (Å²) in [6.45, 7) is 5.24. The normalized spacial score (nSPS) is 13.9. The molecule has 0 fully saturated rings. The first-order chi connectivity index (χ1) is 13.8. The highest BCUT2D eigenvalue weighted by Gasteiger charge is 2.14. The predicted molar refractivity (Wildman–Crippen MR) is 128 cm³/mol. The maximum absolute atomic E-state index is 12.9. The van der Waals surface area contributed by atoms with Crippen LogP contribution in [0.5, 0.6) is 0 Å². The largest absolute Gasteiger partial charge is 0.357 e. The number of hydrogen-bond acceptors (Lipinski definition) is 4. The van der Waals surface area contributed by atoms with Gasteiger partial charge in [0.25, 0.3) is 0 Å². The molecule has 29 heavy (non-hydrogen) atoms. The monoisotopic (exact) mass is 532 g/mol. The minimum atomic E-state index is -0.193. The number of halogens is 2. The molecule has 0 spiro atoms. The lowest BCUT2D eigenvalue weighted by atomic mass is 10.2. The fourth-order valence-electron chi connectivity index (χ4n) is 3.15. The number of hydrogen-bond donors (Lipinski definition) is 2. The lowest BCUT2D eigenvalue weighted by Gasteiger charge is -2.11. The minimum Gasteiger partial charge on any atom is -0.357 e. The Morgan fingerprint density at radius 3 is 2.79 bits per heavy atom. The fraction of sp³-hybridized carbons (Fsp3) is 0.550. The average Bonchev–Trinajstić information content (AvgIpc) is 2.93. The van der Waals surface area contributed by atoms with Gasteiger partial charge in [-0.3, -0.25) is 0 Å². The van der Waals surface area contributed by atoms with E-state index in [1.54, 1.807) is 11.8 Å². The molecule has 0 unspecified atom stereocenters. The third kappa shape index (κ3) is 7.76. The fourth-order valence-corrected chi connectivity index (χ4v) is 4.01. The maximum atomic E-state index is 12.9. The Hall–Kier alpha value is -1.36. The van der Waals surface area contributed by atoms with Crippen LogP contribution in [0.3, 0.4) is 0 Å². The molecule has 0 atom stereocenters. The first kappa shape index (κ1) is 23.9. The second-order valence-corrected chi connectivity index (χ2v) is 7.94. The number of aliphatic imine (C=N–C) groups is 1. The minimum absolute atomic E-state index is 0. The van der Waals surface area contributed by atoms with Gasteiger partial charge in [0.2, 0.25) is 0 Å². The Kier molecular flexibility index (Phi) is 10.8. The summed E-state index contributed by atoms with van der Waals surface area (Å²) in [6.07, 6.45) is 5.65. The quantitative estimate of drug-likeness (QED) is 0.177. The molecule has 0 radical (unpaired) electrons. The molecule has 0 saturated heterocycles. The van der Waals surface area contributed by atoms with Crippen molar-refractivity contribution in [2.24, 2.45) is 4.99 Å². The standard InChI is InChI=1S/C20H29FN6S.HI/c1-2-22-20(23-12-6-14-28-17-10-8-16(21)9-11-17)24-15-19-26-25-18-7-4-3-5-13-27(18)19;/h8-11H,2-7,12-15H2,1H3,(H2,22,23,24);1H. The predicted octanol–water partition coefficient (Wildman–Crippen LogP) is 4.00. The lowest BCUT2D eigenvalue weighted by Crippen LogP contribution is -2.38. The number of guanidine groups is 1. The van der Waals surface area contributed by atoms with Gasteiger partial charge in [0.15, 0.2) is 11.8 Å². The maximum Gasteiger partial charge on any atom is 0.191 e. The lowest BCUT2D eigenvalue weighted by molar-refractivity contribution is 0.605. The summed E-state index contributed by atoms with van der Waals surface area (Å²) >= 11 is 1.73. The van der Waals surface area contributed by atoms with E-state index in [0.29, 0.717) is 6.54 Å². The zero-order valence-electron chi connectivity index (χ0n) is 16.9. The van der Waals surface area contributed by atoms with Crippen LogP contribution >= 0.6 is 35.7 Å². The Morgan fingerprint density at radius 2 is 2.00 bits per heavy atom. The average molecular weight is 532 g/mol. The molecule has 1 aromatic carbocycles. The Morgan fingerprint density at radius 1 is 1.17 bits per heavy atom. The molecule has 1 aliphatic heterocycles. The summed E-state index contributed by atoms with van der Waals surface area (Å²) in [7, 11) is 0. The highest BCUT2D eigenvalue weighted by Crippen LogP contribution is 2.18. The number of benzene rings is 1. The van der Waals surface area contributed by atoms with Crippen LogP contribution in [0.15, 0.2) is 34.2 Å². The SMILES string of the molecule is CCNC(=NCc1nnc2n1CCCCC2)NCCCSc1ccc(F)cc1.I. The van der Waals surface area contributed by atoms with E-state index in [1.165, 1.54) is 31.4 Å². The number of aryl methyl sites for hydroxylation is 1. The molecule has 6 nitrogen and oxygen atoms in total. The summed E-state index contributed by atoms with van der Waals surface area (Å²) in [5.74, 6) is 3.62. The van der Waals surface area contributed by atoms with Gasteiger partial charge in [-0.1, -0.05) is 6.42 Å². The number of nitrogens with one attached hydrogen (secondary N) is 2. The third-order valence-corrected chi connectivity index (χ3v) is 5.70. The molecule has 0 amide bonds. The zero-order chi connectivity index (χ0) is 19.6. The van der Waals surface area contributed by atoms with Crippen molar-refractivity contribution in [3.8, 4) is 0 Å². The number of aromatic nitrogens is 3. The van der Waals surface area contributed by atoms with Crippen LogP contribution in [0, 0.1) is 5.82 Å². The molecule has 2 heterocycles. The zero-order valence-corrected chi connectivity index (χ0v) is 20.0. The molecule has 2 N–H and O–H groups in total. The smallest absolute Gasteiger partial charge is 0.191 e. The Balaban J connectivity index is 0.00000300. The van der Waals surface area contributed by atoms with Gasteiger partial charge in [-0.25, -0.2) is 9.38 Å². The molecule has 1 aliphatic rings. The van der Waals surface area contributed by atoms with Gasteiger partial charge in [-0.15, -0.1) is 45.9 Å². The van der Waals surface area contributed by atoms with Crippen molar-refractivity contribution in [3.05, 3.63) is 41.7 Å². The van der Waals surface area contributed by atoms with Gasteiger partial charge in [-0.2, -0.15) is 0 Å². The number of fused-ring (bicyclic) bond motifs is 1. The summed E-state index contributed by atoms with van der Waals surface area (Å²) in [4.78, 5) is 5.77.